The number of hydrogen-bond donors (Lipinski definition) is 2. The lowest BCUT2D eigenvalue weighted by Gasteiger charge is -2.40. The lowest BCUT2D eigenvalue weighted by Crippen LogP contribution is -2.62. The summed E-state index contributed by atoms with van der Waals surface area (Å²) in [4.78, 5) is 25.1. The summed E-state index contributed by atoms with van der Waals surface area (Å²) in [5.41, 5.74) is 3.81. The highest BCUT2D eigenvalue weighted by Gasteiger charge is 2.35. The fraction of sp³-hybridized carbons (Fsp3) is 0.529. The third-order valence-corrected chi connectivity index (χ3v) is 4.60. The number of benzene rings is 1. The van der Waals surface area contributed by atoms with Crippen molar-refractivity contribution in [3.05, 3.63) is 34.9 Å². The first-order chi connectivity index (χ1) is 10.4. The van der Waals surface area contributed by atoms with Gasteiger partial charge in [0, 0.05) is 20.0 Å². The Bertz CT molecular complexity index is 608. The number of rotatable bonds is 2. The van der Waals surface area contributed by atoms with E-state index in [1.807, 2.05) is 0 Å². The zero-order valence-corrected chi connectivity index (χ0v) is 13.3. The van der Waals surface area contributed by atoms with E-state index in [-0.39, 0.29) is 24.0 Å². The van der Waals surface area contributed by atoms with Crippen molar-refractivity contribution in [2.45, 2.75) is 39.3 Å². The van der Waals surface area contributed by atoms with Crippen molar-refractivity contribution in [3.8, 4) is 0 Å². The van der Waals surface area contributed by atoms with E-state index in [1.165, 1.54) is 23.6 Å². The number of nitrogens with zero attached hydrogens (tertiary/aromatic N) is 1. The average Bonchev–Trinajstić information content (AvgIpc) is 2.69. The Balaban J connectivity index is 1.61. The topological polar surface area (TPSA) is 61.4 Å². The van der Waals surface area contributed by atoms with Crippen LogP contribution in [0, 0.1) is 12.8 Å². The molecule has 0 bridgehead atoms. The molecule has 22 heavy (non-hydrogen) atoms. The molecule has 3 amide bonds. The maximum absolute atomic E-state index is 12.4. The van der Waals surface area contributed by atoms with Gasteiger partial charge in [-0.15, -0.1) is 0 Å². The molecule has 1 fully saturated rings. The molecular formula is C17H23N3O2. The molecule has 118 valence electrons. The predicted molar refractivity (Wildman–Crippen MR) is 84.5 cm³/mol. The van der Waals surface area contributed by atoms with Gasteiger partial charge in [-0.25, -0.2) is 4.79 Å². The Morgan fingerprint density at radius 1 is 1.23 bits per heavy atom. The van der Waals surface area contributed by atoms with Crippen molar-refractivity contribution < 1.29 is 9.59 Å². The van der Waals surface area contributed by atoms with Gasteiger partial charge in [-0.1, -0.05) is 30.7 Å². The van der Waals surface area contributed by atoms with Crippen molar-refractivity contribution in [2.75, 3.05) is 13.1 Å². The van der Waals surface area contributed by atoms with E-state index < -0.39 is 0 Å². The Labute approximate surface area is 131 Å². The minimum atomic E-state index is -0.0427. The van der Waals surface area contributed by atoms with Gasteiger partial charge in [-0.2, -0.15) is 0 Å². The van der Waals surface area contributed by atoms with Crippen LogP contribution in [-0.4, -0.2) is 36.0 Å². The van der Waals surface area contributed by atoms with Gasteiger partial charge in [0.1, 0.15) is 0 Å². The van der Waals surface area contributed by atoms with E-state index in [9.17, 15) is 9.59 Å². The third-order valence-electron chi connectivity index (χ3n) is 4.60. The monoisotopic (exact) mass is 301 g/mol. The summed E-state index contributed by atoms with van der Waals surface area (Å²) in [5, 5.41) is 5.99. The number of nitrogens with one attached hydrogen (secondary N) is 2. The minimum Gasteiger partial charge on any atom is -0.350 e. The van der Waals surface area contributed by atoms with Crippen molar-refractivity contribution in [3.63, 3.8) is 0 Å². The summed E-state index contributed by atoms with van der Waals surface area (Å²) in [6.07, 6.45) is 1.01. The lowest BCUT2D eigenvalue weighted by atomic mass is 10.0. The molecule has 2 aliphatic rings. The molecule has 0 spiro atoms. The molecule has 5 nitrogen and oxygen atoms in total. The molecule has 5 heteroatoms. The minimum absolute atomic E-state index is 0.0344. The summed E-state index contributed by atoms with van der Waals surface area (Å²) >= 11 is 0. The fourth-order valence-electron chi connectivity index (χ4n) is 3.43. The fourth-order valence-corrected chi connectivity index (χ4v) is 3.43. The number of fused-ring (bicyclic) bond motifs is 1. The Kier molecular flexibility index (Phi) is 3.81. The van der Waals surface area contributed by atoms with E-state index in [0.717, 1.165) is 6.42 Å². The molecule has 0 aromatic heterocycles. The standard InChI is InChI=1S/C17H23N3O2/c1-10-4-5-13-7-11(2)16(15(13)6-10)19-17(22)20-8-14(9-20)18-12(3)21/h4-6,11,14,16H,7-9H2,1-3H3,(H,18,21)(H,19,22)/t11-,16+/m1/s1. The van der Waals surface area contributed by atoms with Crippen molar-refractivity contribution in [1.82, 2.24) is 15.5 Å². The Morgan fingerprint density at radius 2 is 1.95 bits per heavy atom. The average molecular weight is 301 g/mol. The van der Waals surface area contributed by atoms with Gasteiger partial charge < -0.3 is 15.5 Å². The quantitative estimate of drug-likeness (QED) is 0.874. The molecule has 3 rings (SSSR count). The molecule has 1 aliphatic carbocycles. The van der Waals surface area contributed by atoms with Gasteiger partial charge in [-0.05, 0) is 30.4 Å². The first kappa shape index (κ1) is 14.9. The number of amides is 3. The van der Waals surface area contributed by atoms with E-state index >= 15 is 0 Å². The zero-order chi connectivity index (χ0) is 15.9. The van der Waals surface area contributed by atoms with Crippen LogP contribution in [0.1, 0.15) is 36.6 Å². The van der Waals surface area contributed by atoms with Gasteiger partial charge in [0.05, 0.1) is 12.1 Å². The van der Waals surface area contributed by atoms with Gasteiger partial charge in [0.2, 0.25) is 5.91 Å². The van der Waals surface area contributed by atoms with Crippen LogP contribution in [0.25, 0.3) is 0 Å². The highest BCUT2D eigenvalue weighted by molar-refractivity contribution is 5.77. The number of carbonyl (C=O) groups is 2. The SMILES string of the molecule is CC(=O)NC1CN(C(=O)N[C@@H]2c3cc(C)ccc3C[C@H]2C)C1. The maximum atomic E-state index is 12.4. The second-order valence-electron chi connectivity index (χ2n) is 6.61. The van der Waals surface area contributed by atoms with Gasteiger partial charge >= 0.3 is 6.03 Å². The van der Waals surface area contributed by atoms with Crippen LogP contribution in [0.3, 0.4) is 0 Å². The molecule has 0 unspecified atom stereocenters. The molecule has 1 aliphatic heterocycles. The van der Waals surface area contributed by atoms with Gasteiger partial charge in [0.25, 0.3) is 0 Å². The Morgan fingerprint density at radius 3 is 2.64 bits per heavy atom. The summed E-state index contributed by atoms with van der Waals surface area (Å²) in [5.74, 6) is 0.368. The molecule has 2 atom stereocenters. The molecule has 0 saturated carbocycles. The van der Waals surface area contributed by atoms with Crippen LogP contribution in [0.5, 0.6) is 0 Å². The molecular weight excluding hydrogens is 278 g/mol. The number of carbonyl (C=O) groups excluding carboxylic acids is 2. The van der Waals surface area contributed by atoms with Crippen molar-refractivity contribution in [1.29, 1.82) is 0 Å². The van der Waals surface area contributed by atoms with Crippen LogP contribution in [0.15, 0.2) is 18.2 Å². The normalized spacial score (nSPS) is 23.7. The maximum Gasteiger partial charge on any atom is 0.318 e. The zero-order valence-electron chi connectivity index (χ0n) is 13.3. The van der Waals surface area contributed by atoms with Gasteiger partial charge in [-0.3, -0.25) is 4.79 Å². The van der Waals surface area contributed by atoms with Crippen LogP contribution in [0.4, 0.5) is 4.79 Å². The van der Waals surface area contributed by atoms with E-state index in [0.29, 0.717) is 19.0 Å². The largest absolute Gasteiger partial charge is 0.350 e. The number of hydrogen-bond acceptors (Lipinski definition) is 2. The molecule has 1 heterocycles. The van der Waals surface area contributed by atoms with Gasteiger partial charge in [0.15, 0.2) is 0 Å². The Hall–Kier alpha value is -2.04. The predicted octanol–water partition coefficient (Wildman–Crippen LogP) is 1.76. The summed E-state index contributed by atoms with van der Waals surface area (Å²) in [6.45, 7) is 6.94. The lowest BCUT2D eigenvalue weighted by molar-refractivity contribution is -0.120. The number of likely N-dealkylation sites (tertiary alicyclic amines) is 1. The van der Waals surface area contributed by atoms with Crippen LogP contribution in [0.2, 0.25) is 0 Å². The summed E-state index contributed by atoms with van der Waals surface area (Å²) in [7, 11) is 0. The first-order valence-corrected chi connectivity index (χ1v) is 7.86. The van der Waals surface area contributed by atoms with Crippen molar-refractivity contribution >= 4 is 11.9 Å². The van der Waals surface area contributed by atoms with E-state index in [4.69, 9.17) is 0 Å². The van der Waals surface area contributed by atoms with Crippen LogP contribution < -0.4 is 10.6 Å². The molecule has 1 aromatic rings. The molecule has 1 aromatic carbocycles. The second kappa shape index (κ2) is 5.63. The number of aryl methyl sites for hydroxylation is 1. The third kappa shape index (κ3) is 2.80. The number of urea groups is 1. The highest BCUT2D eigenvalue weighted by atomic mass is 16.2. The second-order valence-corrected chi connectivity index (χ2v) is 6.61. The first-order valence-electron chi connectivity index (χ1n) is 7.86. The van der Waals surface area contributed by atoms with Crippen LogP contribution >= 0.6 is 0 Å². The highest BCUT2D eigenvalue weighted by Crippen LogP contribution is 2.36. The molecule has 1 saturated heterocycles. The summed E-state index contributed by atoms with van der Waals surface area (Å²) in [6, 6.07) is 6.63. The molecule has 0 radical (unpaired) electrons. The summed E-state index contributed by atoms with van der Waals surface area (Å²) < 4.78 is 0. The van der Waals surface area contributed by atoms with E-state index in [1.54, 1.807) is 4.90 Å². The van der Waals surface area contributed by atoms with Crippen molar-refractivity contribution in [2.24, 2.45) is 5.92 Å². The smallest absolute Gasteiger partial charge is 0.318 e. The molecule has 2 N–H and O–H groups in total. The van der Waals surface area contributed by atoms with E-state index in [2.05, 4.69) is 42.7 Å². The van der Waals surface area contributed by atoms with Crippen LogP contribution in [-0.2, 0) is 11.2 Å².